The molecule has 0 unspecified atom stereocenters. The Labute approximate surface area is 110 Å². The minimum absolute atomic E-state index is 0.566. The molecule has 1 aromatic rings. The van der Waals surface area contributed by atoms with Crippen LogP contribution in [0.2, 0.25) is 0 Å². The largest absolute Gasteiger partial charge is 0.383 e. The normalized spacial score (nSPS) is 18.9. The second-order valence-corrected chi connectivity index (χ2v) is 4.94. The number of likely N-dealkylation sites (N-methyl/N-ethyl adjacent to an activating group) is 1. The van der Waals surface area contributed by atoms with E-state index in [0.29, 0.717) is 6.04 Å². The van der Waals surface area contributed by atoms with Gasteiger partial charge >= 0.3 is 0 Å². The van der Waals surface area contributed by atoms with Crippen LogP contribution in [0.25, 0.3) is 0 Å². The first-order valence-corrected chi connectivity index (χ1v) is 6.85. The van der Waals surface area contributed by atoms with E-state index in [0.717, 1.165) is 39.2 Å². The SMILES string of the molecule is CCN(CCOC)C[C@@H]1Cc2ccccc2CN1. The first kappa shape index (κ1) is 13.5. The van der Waals surface area contributed by atoms with Crippen LogP contribution in [-0.2, 0) is 17.7 Å². The Bertz CT molecular complexity index is 367. The zero-order valence-corrected chi connectivity index (χ0v) is 11.5. The second kappa shape index (κ2) is 6.88. The van der Waals surface area contributed by atoms with E-state index in [2.05, 4.69) is 41.4 Å². The fraction of sp³-hybridized carbons (Fsp3) is 0.600. The molecule has 1 aliphatic rings. The monoisotopic (exact) mass is 248 g/mol. The molecule has 0 fully saturated rings. The van der Waals surface area contributed by atoms with Gasteiger partial charge in [0.05, 0.1) is 6.61 Å². The molecule has 0 aromatic heterocycles. The summed E-state index contributed by atoms with van der Waals surface area (Å²) in [5, 5.41) is 3.63. The van der Waals surface area contributed by atoms with Gasteiger partial charge in [0, 0.05) is 32.8 Å². The van der Waals surface area contributed by atoms with Crippen molar-refractivity contribution in [3.8, 4) is 0 Å². The molecule has 3 nitrogen and oxygen atoms in total. The molecule has 0 bridgehead atoms. The number of rotatable bonds is 6. The van der Waals surface area contributed by atoms with Crippen LogP contribution in [0.5, 0.6) is 0 Å². The van der Waals surface area contributed by atoms with E-state index >= 15 is 0 Å². The summed E-state index contributed by atoms with van der Waals surface area (Å²) in [6.07, 6.45) is 1.14. The van der Waals surface area contributed by atoms with Gasteiger partial charge in [0.1, 0.15) is 0 Å². The number of nitrogens with zero attached hydrogens (tertiary/aromatic N) is 1. The summed E-state index contributed by atoms with van der Waals surface area (Å²) in [5.74, 6) is 0. The molecule has 1 heterocycles. The number of fused-ring (bicyclic) bond motifs is 1. The lowest BCUT2D eigenvalue weighted by atomic mass is 9.95. The number of benzene rings is 1. The van der Waals surface area contributed by atoms with Gasteiger partial charge in [-0.3, -0.25) is 4.90 Å². The number of ether oxygens (including phenoxy) is 1. The van der Waals surface area contributed by atoms with Crippen molar-refractivity contribution in [1.82, 2.24) is 10.2 Å². The van der Waals surface area contributed by atoms with Crippen LogP contribution in [0.15, 0.2) is 24.3 Å². The zero-order chi connectivity index (χ0) is 12.8. The highest BCUT2D eigenvalue weighted by molar-refractivity contribution is 5.29. The van der Waals surface area contributed by atoms with E-state index in [4.69, 9.17) is 4.74 Å². The molecule has 3 heteroatoms. The summed E-state index contributed by atoms with van der Waals surface area (Å²) in [6.45, 7) is 7.25. The Morgan fingerprint density at radius 1 is 1.33 bits per heavy atom. The van der Waals surface area contributed by atoms with Crippen molar-refractivity contribution in [2.45, 2.75) is 25.9 Å². The topological polar surface area (TPSA) is 24.5 Å². The standard InChI is InChI=1S/C15H24N2O/c1-3-17(8-9-18-2)12-15-10-13-6-4-5-7-14(13)11-16-15/h4-7,15-16H,3,8-12H2,1-2H3/t15-/m0/s1. The van der Waals surface area contributed by atoms with Crippen LogP contribution in [0.3, 0.4) is 0 Å². The van der Waals surface area contributed by atoms with Crippen molar-refractivity contribution in [3.63, 3.8) is 0 Å². The summed E-state index contributed by atoms with van der Waals surface area (Å²) < 4.78 is 5.16. The third-order valence-corrected chi connectivity index (χ3v) is 3.70. The van der Waals surface area contributed by atoms with Crippen LogP contribution < -0.4 is 5.32 Å². The Morgan fingerprint density at radius 3 is 2.83 bits per heavy atom. The van der Waals surface area contributed by atoms with Crippen molar-refractivity contribution in [1.29, 1.82) is 0 Å². The van der Waals surface area contributed by atoms with Gasteiger partial charge in [-0.15, -0.1) is 0 Å². The molecule has 0 radical (unpaired) electrons. The highest BCUT2D eigenvalue weighted by Crippen LogP contribution is 2.16. The van der Waals surface area contributed by atoms with Crippen LogP contribution >= 0.6 is 0 Å². The van der Waals surface area contributed by atoms with Gasteiger partial charge in [-0.2, -0.15) is 0 Å². The van der Waals surface area contributed by atoms with Crippen LogP contribution in [0.4, 0.5) is 0 Å². The van der Waals surface area contributed by atoms with E-state index in [1.807, 2.05) is 0 Å². The minimum atomic E-state index is 0.566. The molecule has 0 spiro atoms. The molecule has 100 valence electrons. The quantitative estimate of drug-likeness (QED) is 0.829. The van der Waals surface area contributed by atoms with Gasteiger partial charge in [-0.1, -0.05) is 31.2 Å². The fourth-order valence-electron chi connectivity index (χ4n) is 2.56. The van der Waals surface area contributed by atoms with Gasteiger partial charge in [-0.25, -0.2) is 0 Å². The maximum Gasteiger partial charge on any atom is 0.0589 e. The van der Waals surface area contributed by atoms with Gasteiger partial charge in [0.25, 0.3) is 0 Å². The van der Waals surface area contributed by atoms with E-state index in [9.17, 15) is 0 Å². The molecule has 18 heavy (non-hydrogen) atoms. The minimum Gasteiger partial charge on any atom is -0.383 e. The molecule has 0 amide bonds. The number of hydrogen-bond donors (Lipinski definition) is 1. The van der Waals surface area contributed by atoms with E-state index < -0.39 is 0 Å². The van der Waals surface area contributed by atoms with Crippen molar-refractivity contribution in [2.75, 3.05) is 33.4 Å². The van der Waals surface area contributed by atoms with E-state index in [1.54, 1.807) is 7.11 Å². The summed E-state index contributed by atoms with van der Waals surface area (Å²) in [4.78, 5) is 2.45. The van der Waals surface area contributed by atoms with Gasteiger partial charge in [-0.05, 0) is 24.1 Å². The Morgan fingerprint density at radius 2 is 2.11 bits per heavy atom. The lowest BCUT2D eigenvalue weighted by molar-refractivity contribution is 0.143. The molecule has 1 aliphatic heterocycles. The fourth-order valence-corrected chi connectivity index (χ4v) is 2.56. The van der Waals surface area contributed by atoms with E-state index in [-0.39, 0.29) is 0 Å². The Hall–Kier alpha value is -0.900. The summed E-state index contributed by atoms with van der Waals surface area (Å²) in [6, 6.07) is 9.31. The maximum atomic E-state index is 5.16. The van der Waals surface area contributed by atoms with E-state index in [1.165, 1.54) is 11.1 Å². The van der Waals surface area contributed by atoms with Crippen LogP contribution in [0.1, 0.15) is 18.1 Å². The average Bonchev–Trinajstić information content (AvgIpc) is 2.43. The van der Waals surface area contributed by atoms with Crippen molar-refractivity contribution in [2.24, 2.45) is 0 Å². The molecule has 0 aliphatic carbocycles. The summed E-state index contributed by atoms with van der Waals surface area (Å²) in [5.41, 5.74) is 2.96. The average molecular weight is 248 g/mol. The third-order valence-electron chi connectivity index (χ3n) is 3.70. The summed E-state index contributed by atoms with van der Waals surface area (Å²) >= 11 is 0. The number of methoxy groups -OCH3 is 1. The van der Waals surface area contributed by atoms with Crippen molar-refractivity contribution in [3.05, 3.63) is 35.4 Å². The third kappa shape index (κ3) is 3.55. The van der Waals surface area contributed by atoms with Gasteiger partial charge in [0.2, 0.25) is 0 Å². The first-order valence-electron chi connectivity index (χ1n) is 6.85. The van der Waals surface area contributed by atoms with Crippen molar-refractivity contribution >= 4 is 0 Å². The van der Waals surface area contributed by atoms with Crippen LogP contribution in [-0.4, -0.2) is 44.3 Å². The molecule has 1 aromatic carbocycles. The zero-order valence-electron chi connectivity index (χ0n) is 11.5. The number of nitrogens with one attached hydrogen (secondary N) is 1. The second-order valence-electron chi connectivity index (χ2n) is 4.94. The van der Waals surface area contributed by atoms with Gasteiger partial charge < -0.3 is 10.1 Å². The highest BCUT2D eigenvalue weighted by atomic mass is 16.5. The molecule has 1 N–H and O–H groups in total. The molecule has 0 saturated carbocycles. The Balaban J connectivity index is 1.88. The molecule has 2 rings (SSSR count). The molecule has 1 atom stereocenters. The van der Waals surface area contributed by atoms with Crippen molar-refractivity contribution < 1.29 is 4.74 Å². The lowest BCUT2D eigenvalue weighted by Gasteiger charge is -2.31. The molecular weight excluding hydrogens is 224 g/mol. The van der Waals surface area contributed by atoms with Crippen LogP contribution in [0, 0.1) is 0 Å². The maximum absolute atomic E-state index is 5.16. The summed E-state index contributed by atoms with van der Waals surface area (Å²) in [7, 11) is 1.77. The highest BCUT2D eigenvalue weighted by Gasteiger charge is 2.19. The molecular formula is C15H24N2O. The number of hydrogen-bond acceptors (Lipinski definition) is 3. The predicted molar refractivity (Wildman–Crippen MR) is 74.8 cm³/mol. The smallest absolute Gasteiger partial charge is 0.0589 e. The lowest BCUT2D eigenvalue weighted by Crippen LogP contribution is -2.45. The molecule has 0 saturated heterocycles. The van der Waals surface area contributed by atoms with Gasteiger partial charge in [0.15, 0.2) is 0 Å². The first-order chi connectivity index (χ1) is 8.83. The Kier molecular flexibility index (Phi) is 5.17. The predicted octanol–water partition coefficient (Wildman–Crippen LogP) is 1.67.